The molecule has 3 rings (SSSR count). The highest BCUT2D eigenvalue weighted by Crippen LogP contribution is 2.29. The second-order valence-corrected chi connectivity index (χ2v) is 7.16. The van der Waals surface area contributed by atoms with E-state index in [9.17, 15) is 4.79 Å². The molecule has 1 aromatic carbocycles. The topological polar surface area (TPSA) is 32.3 Å². The van der Waals surface area contributed by atoms with Gasteiger partial charge in [-0.3, -0.25) is 4.79 Å². The van der Waals surface area contributed by atoms with Gasteiger partial charge in [0.25, 0.3) is 5.91 Å². The Morgan fingerprint density at radius 1 is 1.09 bits per heavy atom. The number of amides is 1. The molecule has 1 aromatic rings. The van der Waals surface area contributed by atoms with Gasteiger partial charge in [0.05, 0.1) is 0 Å². The standard InChI is InChI=1S/C19H28N2O/c1-14(2)15-3-5-17(6-4-15)19(22)21-11-8-16(9-12-21)18-7-10-20-13-18/h3-6,14,16,18,20H,7-13H2,1-2H3. The van der Waals surface area contributed by atoms with Crippen LogP contribution in [0.15, 0.2) is 24.3 Å². The number of nitrogens with zero attached hydrogens (tertiary/aromatic N) is 1. The Morgan fingerprint density at radius 2 is 1.77 bits per heavy atom. The average Bonchev–Trinajstić information content (AvgIpc) is 3.09. The third kappa shape index (κ3) is 3.35. The summed E-state index contributed by atoms with van der Waals surface area (Å²) in [5.41, 5.74) is 2.13. The first kappa shape index (κ1) is 15.5. The first-order valence-electron chi connectivity index (χ1n) is 8.75. The van der Waals surface area contributed by atoms with Crippen molar-refractivity contribution in [1.82, 2.24) is 10.2 Å². The van der Waals surface area contributed by atoms with Crippen molar-refractivity contribution in [2.45, 2.75) is 39.0 Å². The van der Waals surface area contributed by atoms with Gasteiger partial charge in [-0.15, -0.1) is 0 Å². The van der Waals surface area contributed by atoms with Crippen LogP contribution in [0.4, 0.5) is 0 Å². The first-order valence-corrected chi connectivity index (χ1v) is 8.75. The van der Waals surface area contributed by atoms with Crippen LogP contribution in [-0.2, 0) is 0 Å². The molecule has 0 aliphatic carbocycles. The maximum Gasteiger partial charge on any atom is 0.253 e. The van der Waals surface area contributed by atoms with Gasteiger partial charge in [0.1, 0.15) is 0 Å². The quantitative estimate of drug-likeness (QED) is 0.929. The predicted molar refractivity (Wildman–Crippen MR) is 90.1 cm³/mol. The van der Waals surface area contributed by atoms with E-state index in [1.807, 2.05) is 17.0 Å². The summed E-state index contributed by atoms with van der Waals surface area (Å²) in [4.78, 5) is 14.7. The van der Waals surface area contributed by atoms with E-state index in [2.05, 4.69) is 31.3 Å². The lowest BCUT2D eigenvalue weighted by Gasteiger charge is -2.34. The fraction of sp³-hybridized carbons (Fsp3) is 0.632. The fourth-order valence-corrected chi connectivity index (χ4v) is 3.85. The van der Waals surface area contributed by atoms with Gasteiger partial charge >= 0.3 is 0 Å². The van der Waals surface area contributed by atoms with Crippen LogP contribution in [0.2, 0.25) is 0 Å². The summed E-state index contributed by atoms with van der Waals surface area (Å²) in [6, 6.07) is 8.17. The van der Waals surface area contributed by atoms with Crippen molar-refractivity contribution in [2.24, 2.45) is 11.8 Å². The van der Waals surface area contributed by atoms with Crippen molar-refractivity contribution < 1.29 is 4.79 Å². The van der Waals surface area contributed by atoms with E-state index >= 15 is 0 Å². The minimum absolute atomic E-state index is 0.207. The van der Waals surface area contributed by atoms with E-state index in [0.717, 1.165) is 30.5 Å². The Balaban J connectivity index is 1.57. The van der Waals surface area contributed by atoms with Crippen LogP contribution in [-0.4, -0.2) is 37.0 Å². The molecule has 2 aliphatic heterocycles. The summed E-state index contributed by atoms with van der Waals surface area (Å²) >= 11 is 0. The van der Waals surface area contributed by atoms with E-state index in [4.69, 9.17) is 0 Å². The maximum atomic E-state index is 12.6. The molecule has 0 saturated carbocycles. The molecular weight excluding hydrogens is 272 g/mol. The number of benzene rings is 1. The van der Waals surface area contributed by atoms with Crippen LogP contribution in [0.1, 0.15) is 54.9 Å². The molecular formula is C19H28N2O. The van der Waals surface area contributed by atoms with Crippen LogP contribution in [0.3, 0.4) is 0 Å². The number of hydrogen-bond acceptors (Lipinski definition) is 2. The summed E-state index contributed by atoms with van der Waals surface area (Å²) in [5, 5.41) is 3.46. The van der Waals surface area contributed by atoms with Crippen LogP contribution in [0.5, 0.6) is 0 Å². The minimum Gasteiger partial charge on any atom is -0.339 e. The molecule has 1 amide bonds. The highest BCUT2D eigenvalue weighted by Gasteiger charge is 2.30. The SMILES string of the molecule is CC(C)c1ccc(C(=O)N2CCC(C3CCNC3)CC2)cc1. The molecule has 2 aliphatic rings. The zero-order valence-corrected chi connectivity index (χ0v) is 13.8. The van der Waals surface area contributed by atoms with E-state index in [1.165, 1.54) is 37.9 Å². The van der Waals surface area contributed by atoms with Gasteiger partial charge in [-0.1, -0.05) is 26.0 Å². The Bertz CT molecular complexity index is 495. The average molecular weight is 300 g/mol. The third-order valence-electron chi connectivity index (χ3n) is 5.42. The van der Waals surface area contributed by atoms with E-state index in [0.29, 0.717) is 5.92 Å². The van der Waals surface area contributed by atoms with Gasteiger partial charge in [-0.05, 0) is 67.8 Å². The largest absolute Gasteiger partial charge is 0.339 e. The predicted octanol–water partition coefficient (Wildman–Crippen LogP) is 3.27. The lowest BCUT2D eigenvalue weighted by molar-refractivity contribution is 0.0663. The molecule has 1 unspecified atom stereocenters. The number of carbonyl (C=O) groups is 1. The van der Waals surface area contributed by atoms with Crippen molar-refractivity contribution in [3.63, 3.8) is 0 Å². The van der Waals surface area contributed by atoms with Crippen molar-refractivity contribution in [1.29, 1.82) is 0 Å². The van der Waals surface area contributed by atoms with Gasteiger partial charge in [-0.2, -0.15) is 0 Å². The van der Waals surface area contributed by atoms with Gasteiger partial charge in [-0.25, -0.2) is 0 Å². The molecule has 1 N–H and O–H groups in total. The van der Waals surface area contributed by atoms with Crippen LogP contribution in [0, 0.1) is 11.8 Å². The molecule has 0 bridgehead atoms. The number of rotatable bonds is 3. The van der Waals surface area contributed by atoms with Gasteiger partial charge in [0, 0.05) is 18.7 Å². The Morgan fingerprint density at radius 3 is 2.32 bits per heavy atom. The van der Waals surface area contributed by atoms with E-state index in [1.54, 1.807) is 0 Å². The maximum absolute atomic E-state index is 12.6. The molecule has 2 heterocycles. The van der Waals surface area contributed by atoms with Crippen molar-refractivity contribution in [3.8, 4) is 0 Å². The van der Waals surface area contributed by atoms with Crippen molar-refractivity contribution >= 4 is 5.91 Å². The van der Waals surface area contributed by atoms with Crippen molar-refractivity contribution in [2.75, 3.05) is 26.2 Å². The molecule has 3 heteroatoms. The normalized spacial score (nSPS) is 23.2. The Hall–Kier alpha value is -1.35. The molecule has 2 fully saturated rings. The number of hydrogen-bond donors (Lipinski definition) is 1. The summed E-state index contributed by atoms with van der Waals surface area (Å²) in [6.07, 6.45) is 3.65. The highest BCUT2D eigenvalue weighted by molar-refractivity contribution is 5.94. The molecule has 120 valence electrons. The molecule has 22 heavy (non-hydrogen) atoms. The summed E-state index contributed by atoms with van der Waals surface area (Å²) < 4.78 is 0. The number of likely N-dealkylation sites (tertiary alicyclic amines) is 1. The smallest absolute Gasteiger partial charge is 0.253 e. The summed E-state index contributed by atoms with van der Waals surface area (Å²) in [6.45, 7) is 8.55. The van der Waals surface area contributed by atoms with Gasteiger partial charge in [0.15, 0.2) is 0 Å². The van der Waals surface area contributed by atoms with Gasteiger partial charge in [0.2, 0.25) is 0 Å². The van der Waals surface area contributed by atoms with Crippen LogP contribution in [0.25, 0.3) is 0 Å². The van der Waals surface area contributed by atoms with Crippen LogP contribution < -0.4 is 5.32 Å². The van der Waals surface area contributed by atoms with Crippen LogP contribution >= 0.6 is 0 Å². The Labute approximate surface area is 134 Å². The molecule has 3 nitrogen and oxygen atoms in total. The highest BCUT2D eigenvalue weighted by atomic mass is 16.2. The number of piperidine rings is 1. The number of nitrogens with one attached hydrogen (secondary N) is 1. The molecule has 0 spiro atoms. The van der Waals surface area contributed by atoms with E-state index < -0.39 is 0 Å². The van der Waals surface area contributed by atoms with Gasteiger partial charge < -0.3 is 10.2 Å². The zero-order chi connectivity index (χ0) is 15.5. The zero-order valence-electron chi connectivity index (χ0n) is 13.8. The van der Waals surface area contributed by atoms with E-state index in [-0.39, 0.29) is 5.91 Å². The number of carbonyl (C=O) groups excluding carboxylic acids is 1. The minimum atomic E-state index is 0.207. The molecule has 0 aromatic heterocycles. The summed E-state index contributed by atoms with van der Waals surface area (Å²) in [5.74, 6) is 2.36. The third-order valence-corrected chi connectivity index (χ3v) is 5.42. The monoisotopic (exact) mass is 300 g/mol. The second kappa shape index (κ2) is 6.82. The molecule has 0 radical (unpaired) electrons. The fourth-order valence-electron chi connectivity index (χ4n) is 3.85. The second-order valence-electron chi connectivity index (χ2n) is 7.16. The first-order chi connectivity index (χ1) is 10.6. The molecule has 2 saturated heterocycles. The Kier molecular flexibility index (Phi) is 4.82. The summed E-state index contributed by atoms with van der Waals surface area (Å²) in [7, 11) is 0. The van der Waals surface area contributed by atoms with Crippen molar-refractivity contribution in [3.05, 3.63) is 35.4 Å². The lowest BCUT2D eigenvalue weighted by atomic mass is 9.83. The molecule has 1 atom stereocenters. The lowest BCUT2D eigenvalue weighted by Crippen LogP contribution is -2.40.